The van der Waals surface area contributed by atoms with Crippen molar-refractivity contribution in [2.75, 3.05) is 6.54 Å². The van der Waals surface area contributed by atoms with E-state index in [4.69, 9.17) is 10.3 Å². The molecule has 0 aliphatic heterocycles. The molecule has 0 spiro atoms. The number of nitrogens with zero attached hydrogens (tertiary/aromatic N) is 3. The second kappa shape index (κ2) is 6.26. The first-order valence-corrected chi connectivity index (χ1v) is 6.22. The van der Waals surface area contributed by atoms with Gasteiger partial charge >= 0.3 is 0 Å². The van der Waals surface area contributed by atoms with Gasteiger partial charge < -0.3 is 10.3 Å². The average Bonchev–Trinajstić information content (AvgIpc) is 2.86. The summed E-state index contributed by atoms with van der Waals surface area (Å²) in [6, 6.07) is 5.79. The van der Waals surface area contributed by atoms with E-state index >= 15 is 0 Å². The Kier molecular flexibility index (Phi) is 4.41. The largest absolute Gasteiger partial charge is 0.339 e. The highest BCUT2D eigenvalue weighted by molar-refractivity contribution is 5.09. The molecule has 2 heterocycles. The van der Waals surface area contributed by atoms with Gasteiger partial charge in [-0.25, -0.2) is 0 Å². The van der Waals surface area contributed by atoms with Crippen LogP contribution in [0.3, 0.4) is 0 Å². The summed E-state index contributed by atoms with van der Waals surface area (Å²) in [7, 11) is 0. The summed E-state index contributed by atoms with van der Waals surface area (Å²) < 4.78 is 5.27. The third kappa shape index (κ3) is 3.37. The standard InChI is InChI=1S/C13H18N4O/c1-10(5-4-7-14)13-16-12(17-18-13)9-11-6-2-3-8-15-11/h2-3,6,8,10H,4-5,7,9,14H2,1H3. The van der Waals surface area contributed by atoms with Crippen LogP contribution >= 0.6 is 0 Å². The number of rotatable bonds is 6. The van der Waals surface area contributed by atoms with Gasteiger partial charge in [-0.05, 0) is 31.5 Å². The Labute approximate surface area is 106 Å². The highest BCUT2D eigenvalue weighted by atomic mass is 16.5. The lowest BCUT2D eigenvalue weighted by molar-refractivity contribution is 0.348. The van der Waals surface area contributed by atoms with Gasteiger partial charge in [0.1, 0.15) is 0 Å². The summed E-state index contributed by atoms with van der Waals surface area (Å²) in [4.78, 5) is 8.64. The van der Waals surface area contributed by atoms with Gasteiger partial charge in [-0.2, -0.15) is 4.98 Å². The first-order chi connectivity index (χ1) is 8.79. The van der Waals surface area contributed by atoms with Crippen LogP contribution in [0, 0.1) is 0 Å². The van der Waals surface area contributed by atoms with Gasteiger partial charge in [0.05, 0.1) is 6.42 Å². The molecule has 0 saturated heterocycles. The minimum absolute atomic E-state index is 0.263. The van der Waals surface area contributed by atoms with Gasteiger partial charge in [0.25, 0.3) is 0 Å². The summed E-state index contributed by atoms with van der Waals surface area (Å²) in [5, 5.41) is 3.98. The van der Waals surface area contributed by atoms with Crippen molar-refractivity contribution in [2.45, 2.75) is 32.1 Å². The second-order valence-electron chi connectivity index (χ2n) is 4.38. The summed E-state index contributed by atoms with van der Waals surface area (Å²) in [5.41, 5.74) is 6.43. The predicted octanol–water partition coefficient (Wildman–Crippen LogP) is 1.90. The Balaban J connectivity index is 1.98. The van der Waals surface area contributed by atoms with Gasteiger partial charge in [0.2, 0.25) is 5.89 Å². The molecular formula is C13H18N4O. The van der Waals surface area contributed by atoms with E-state index in [1.807, 2.05) is 18.2 Å². The van der Waals surface area contributed by atoms with Crippen LogP contribution in [0.5, 0.6) is 0 Å². The Bertz CT molecular complexity index is 469. The van der Waals surface area contributed by atoms with Crippen molar-refractivity contribution in [1.29, 1.82) is 0 Å². The van der Waals surface area contributed by atoms with Crippen LogP contribution in [0.1, 0.15) is 43.1 Å². The maximum atomic E-state index is 5.49. The van der Waals surface area contributed by atoms with Gasteiger partial charge in [-0.1, -0.05) is 18.1 Å². The molecule has 5 nitrogen and oxygen atoms in total. The summed E-state index contributed by atoms with van der Waals surface area (Å²) >= 11 is 0. The van der Waals surface area contributed by atoms with E-state index in [0.717, 1.165) is 18.5 Å². The average molecular weight is 246 g/mol. The zero-order valence-corrected chi connectivity index (χ0v) is 10.5. The molecule has 2 N–H and O–H groups in total. The molecule has 2 rings (SSSR count). The van der Waals surface area contributed by atoms with Gasteiger partial charge in [0.15, 0.2) is 5.82 Å². The lowest BCUT2D eigenvalue weighted by Crippen LogP contribution is -2.02. The fraction of sp³-hybridized carbons (Fsp3) is 0.462. The van der Waals surface area contributed by atoms with Crippen LogP contribution in [0.4, 0.5) is 0 Å². The molecule has 2 aromatic heterocycles. The van der Waals surface area contributed by atoms with E-state index < -0.39 is 0 Å². The first-order valence-electron chi connectivity index (χ1n) is 6.22. The normalized spacial score (nSPS) is 12.6. The molecule has 0 aliphatic rings. The molecule has 96 valence electrons. The van der Waals surface area contributed by atoms with Crippen molar-refractivity contribution in [3.05, 3.63) is 41.8 Å². The molecule has 0 aromatic carbocycles. The van der Waals surface area contributed by atoms with E-state index in [1.165, 1.54) is 0 Å². The number of hydrogen-bond donors (Lipinski definition) is 1. The monoisotopic (exact) mass is 246 g/mol. The minimum Gasteiger partial charge on any atom is -0.339 e. The Morgan fingerprint density at radius 1 is 1.39 bits per heavy atom. The van der Waals surface area contributed by atoms with Crippen molar-refractivity contribution in [3.63, 3.8) is 0 Å². The van der Waals surface area contributed by atoms with E-state index in [0.29, 0.717) is 24.7 Å². The lowest BCUT2D eigenvalue weighted by atomic mass is 10.1. The highest BCUT2D eigenvalue weighted by Crippen LogP contribution is 2.18. The van der Waals surface area contributed by atoms with Crippen molar-refractivity contribution in [2.24, 2.45) is 5.73 Å². The van der Waals surface area contributed by atoms with Crippen molar-refractivity contribution in [3.8, 4) is 0 Å². The zero-order chi connectivity index (χ0) is 12.8. The maximum absolute atomic E-state index is 5.49. The molecule has 0 radical (unpaired) electrons. The fourth-order valence-corrected chi connectivity index (χ4v) is 1.75. The first kappa shape index (κ1) is 12.7. The third-order valence-corrected chi connectivity index (χ3v) is 2.81. The van der Waals surface area contributed by atoms with Crippen LogP contribution in [-0.2, 0) is 6.42 Å². The van der Waals surface area contributed by atoms with Crippen LogP contribution < -0.4 is 5.73 Å². The third-order valence-electron chi connectivity index (χ3n) is 2.81. The highest BCUT2D eigenvalue weighted by Gasteiger charge is 2.14. The summed E-state index contributed by atoms with van der Waals surface area (Å²) in [6.45, 7) is 2.77. The Morgan fingerprint density at radius 3 is 3.00 bits per heavy atom. The molecule has 2 aromatic rings. The molecular weight excluding hydrogens is 228 g/mol. The second-order valence-corrected chi connectivity index (χ2v) is 4.38. The summed E-state index contributed by atoms with van der Waals surface area (Å²) in [6.07, 6.45) is 4.31. The smallest absolute Gasteiger partial charge is 0.229 e. The fourth-order valence-electron chi connectivity index (χ4n) is 1.75. The van der Waals surface area contributed by atoms with Crippen LogP contribution in [-0.4, -0.2) is 21.7 Å². The van der Waals surface area contributed by atoms with Crippen LogP contribution in [0.2, 0.25) is 0 Å². The molecule has 0 fully saturated rings. The van der Waals surface area contributed by atoms with Crippen LogP contribution in [0.15, 0.2) is 28.9 Å². The van der Waals surface area contributed by atoms with Crippen LogP contribution in [0.25, 0.3) is 0 Å². The molecule has 0 amide bonds. The maximum Gasteiger partial charge on any atom is 0.229 e. The van der Waals surface area contributed by atoms with E-state index in [1.54, 1.807) is 6.20 Å². The Morgan fingerprint density at radius 2 is 2.28 bits per heavy atom. The van der Waals surface area contributed by atoms with Crippen molar-refractivity contribution < 1.29 is 4.52 Å². The van der Waals surface area contributed by atoms with E-state index in [9.17, 15) is 0 Å². The van der Waals surface area contributed by atoms with Gasteiger partial charge in [-0.3, -0.25) is 4.98 Å². The van der Waals surface area contributed by atoms with E-state index in [-0.39, 0.29) is 5.92 Å². The van der Waals surface area contributed by atoms with Crippen molar-refractivity contribution in [1.82, 2.24) is 15.1 Å². The number of pyridine rings is 1. The minimum atomic E-state index is 0.263. The molecule has 18 heavy (non-hydrogen) atoms. The topological polar surface area (TPSA) is 77.8 Å². The molecule has 1 unspecified atom stereocenters. The number of hydrogen-bond acceptors (Lipinski definition) is 5. The lowest BCUT2D eigenvalue weighted by Gasteiger charge is -2.03. The molecule has 0 aliphatic carbocycles. The molecule has 0 bridgehead atoms. The SMILES string of the molecule is CC(CCCN)c1nc(Cc2ccccn2)no1. The number of nitrogens with two attached hydrogens (primary N) is 1. The zero-order valence-electron chi connectivity index (χ0n) is 10.5. The summed E-state index contributed by atoms with van der Waals surface area (Å²) in [5.74, 6) is 1.64. The predicted molar refractivity (Wildman–Crippen MR) is 68.0 cm³/mol. The van der Waals surface area contributed by atoms with Gasteiger partial charge in [-0.15, -0.1) is 0 Å². The van der Waals surface area contributed by atoms with E-state index in [2.05, 4.69) is 22.0 Å². The molecule has 5 heteroatoms. The molecule has 0 saturated carbocycles. The number of aromatic nitrogens is 3. The Hall–Kier alpha value is -1.75. The quantitative estimate of drug-likeness (QED) is 0.842. The molecule has 1 atom stereocenters. The van der Waals surface area contributed by atoms with Gasteiger partial charge in [0, 0.05) is 17.8 Å². The van der Waals surface area contributed by atoms with Crippen molar-refractivity contribution >= 4 is 0 Å².